The first-order chi connectivity index (χ1) is 30.7. The van der Waals surface area contributed by atoms with E-state index in [9.17, 15) is 33.6 Å². The standard InChI is InChI=1S/C47H37N7O9/c55-38-20-19-34(42(56)51-38)54-45(59)32-13-6-14-33(39(32)47(54)61)49-22-23-50-43(57)40(27-9-2-1-3-10-27)52-44(58)41(28-11-7-21-48-26-28)53(46(60)36-16-8-24-62-36)29-17-18-31-30-12-4-5-15-35(30)63-37(31)25-29/h1-18,21,24-26,34,40-41,49H,19-20,22-23H2,(H,50,57)(H,52,58)(H,51,55,56)/t34?,40-,41+/m0/s1. The zero-order valence-electron chi connectivity index (χ0n) is 33.3. The molecule has 0 aliphatic carbocycles. The van der Waals surface area contributed by atoms with Crippen molar-refractivity contribution in [2.45, 2.75) is 31.0 Å². The highest BCUT2D eigenvalue weighted by atomic mass is 16.3. The minimum atomic E-state index is -1.38. The maximum Gasteiger partial charge on any atom is 0.294 e. The number of carbonyl (C=O) groups is 7. The Morgan fingerprint density at radius 2 is 1.59 bits per heavy atom. The van der Waals surface area contributed by atoms with E-state index in [0.29, 0.717) is 33.7 Å². The number of furan rings is 2. The Bertz CT molecular complexity index is 2930. The van der Waals surface area contributed by atoms with E-state index in [0.717, 1.165) is 15.7 Å². The number of benzene rings is 4. The highest BCUT2D eigenvalue weighted by Gasteiger charge is 2.45. The second kappa shape index (κ2) is 16.9. The first-order valence-electron chi connectivity index (χ1n) is 20.1. The molecule has 16 nitrogen and oxygen atoms in total. The number of anilines is 2. The minimum absolute atomic E-state index is 0.00729. The minimum Gasteiger partial charge on any atom is -0.459 e. The number of para-hydroxylation sites is 1. The molecule has 9 rings (SSSR count). The van der Waals surface area contributed by atoms with Gasteiger partial charge in [-0.3, -0.25) is 53.7 Å². The fourth-order valence-electron chi connectivity index (χ4n) is 8.04. The van der Waals surface area contributed by atoms with Crippen molar-refractivity contribution in [3.05, 3.63) is 162 Å². The SMILES string of the molecule is O=C1CCC(N2C(=O)c3cccc(NCCNC(=O)[C@@H](NC(=O)[C@@H](c4cccnc4)N(C(=O)c4ccco4)c4ccc5c(c4)oc4ccccc45)c4ccccc4)c3C2=O)C(=O)N1. The molecule has 63 heavy (non-hydrogen) atoms. The number of pyridine rings is 1. The number of hydrogen-bond acceptors (Lipinski definition) is 11. The largest absolute Gasteiger partial charge is 0.459 e. The number of imide groups is 2. The number of rotatable bonds is 13. The lowest BCUT2D eigenvalue weighted by Gasteiger charge is -2.32. The number of nitrogens with one attached hydrogen (secondary N) is 4. The molecule has 2 aliphatic heterocycles. The van der Waals surface area contributed by atoms with Gasteiger partial charge in [-0.25, -0.2) is 0 Å². The van der Waals surface area contributed by atoms with Crippen molar-refractivity contribution >= 4 is 74.7 Å². The third-order valence-electron chi connectivity index (χ3n) is 11.0. The Morgan fingerprint density at radius 3 is 2.37 bits per heavy atom. The molecule has 1 unspecified atom stereocenters. The third kappa shape index (κ3) is 7.65. The van der Waals surface area contributed by atoms with Crippen LogP contribution in [0.15, 0.2) is 143 Å². The van der Waals surface area contributed by atoms with Crippen LogP contribution in [0.1, 0.15) is 67.3 Å². The molecule has 0 saturated carbocycles. The highest BCUT2D eigenvalue weighted by molar-refractivity contribution is 6.25. The van der Waals surface area contributed by atoms with Crippen LogP contribution in [-0.4, -0.2) is 70.4 Å². The molecule has 3 aromatic heterocycles. The van der Waals surface area contributed by atoms with Gasteiger partial charge in [0.2, 0.25) is 23.6 Å². The summed E-state index contributed by atoms with van der Waals surface area (Å²) in [5.41, 5.74) is 2.72. The first kappa shape index (κ1) is 40.0. The van der Waals surface area contributed by atoms with Gasteiger partial charge in [-0.1, -0.05) is 60.7 Å². The molecular weight excluding hydrogens is 807 g/mol. The van der Waals surface area contributed by atoms with Crippen LogP contribution in [0, 0.1) is 0 Å². The number of nitrogens with zero attached hydrogens (tertiary/aromatic N) is 3. The molecule has 5 heterocycles. The smallest absolute Gasteiger partial charge is 0.294 e. The Morgan fingerprint density at radius 1 is 0.794 bits per heavy atom. The highest BCUT2D eigenvalue weighted by Crippen LogP contribution is 2.36. The molecule has 3 atom stereocenters. The zero-order valence-corrected chi connectivity index (χ0v) is 33.3. The van der Waals surface area contributed by atoms with E-state index >= 15 is 0 Å². The number of aromatic nitrogens is 1. The maximum absolute atomic E-state index is 14.9. The molecule has 0 spiro atoms. The lowest BCUT2D eigenvalue weighted by Crippen LogP contribution is -2.54. The van der Waals surface area contributed by atoms with Crippen LogP contribution < -0.4 is 26.2 Å². The van der Waals surface area contributed by atoms with Crippen molar-refractivity contribution in [2.75, 3.05) is 23.3 Å². The summed E-state index contributed by atoms with van der Waals surface area (Å²) in [5.74, 6) is -4.48. The average molecular weight is 844 g/mol. The van der Waals surface area contributed by atoms with Gasteiger partial charge in [-0.15, -0.1) is 0 Å². The van der Waals surface area contributed by atoms with Gasteiger partial charge in [0.15, 0.2) is 5.76 Å². The van der Waals surface area contributed by atoms with Crippen LogP contribution in [0.25, 0.3) is 21.9 Å². The molecule has 7 aromatic rings. The van der Waals surface area contributed by atoms with E-state index in [-0.39, 0.29) is 42.8 Å². The maximum atomic E-state index is 14.9. The summed E-state index contributed by atoms with van der Waals surface area (Å²) in [5, 5.41) is 12.7. The van der Waals surface area contributed by atoms with Crippen LogP contribution >= 0.6 is 0 Å². The van der Waals surface area contributed by atoms with Crippen molar-refractivity contribution in [3.8, 4) is 0 Å². The second-order valence-electron chi connectivity index (χ2n) is 14.9. The van der Waals surface area contributed by atoms with E-state index in [1.165, 1.54) is 35.7 Å². The van der Waals surface area contributed by atoms with Gasteiger partial charge >= 0.3 is 0 Å². The molecule has 2 aliphatic rings. The van der Waals surface area contributed by atoms with E-state index in [1.54, 1.807) is 72.8 Å². The summed E-state index contributed by atoms with van der Waals surface area (Å²) < 4.78 is 11.7. The Kier molecular flexibility index (Phi) is 10.8. The van der Waals surface area contributed by atoms with E-state index in [1.807, 2.05) is 30.3 Å². The van der Waals surface area contributed by atoms with E-state index in [4.69, 9.17) is 8.83 Å². The molecule has 4 N–H and O–H groups in total. The van der Waals surface area contributed by atoms with Crippen LogP contribution in [0.5, 0.6) is 0 Å². The van der Waals surface area contributed by atoms with Crippen molar-refractivity contribution in [2.24, 2.45) is 0 Å². The van der Waals surface area contributed by atoms with Gasteiger partial charge < -0.3 is 24.8 Å². The number of piperidine rings is 1. The molecule has 1 fully saturated rings. The second-order valence-corrected chi connectivity index (χ2v) is 14.9. The topological polar surface area (TPSA) is 213 Å². The van der Waals surface area contributed by atoms with Gasteiger partial charge in [-0.2, -0.15) is 0 Å². The molecule has 0 bridgehead atoms. The molecule has 314 valence electrons. The molecule has 4 aromatic carbocycles. The van der Waals surface area contributed by atoms with Crippen molar-refractivity contribution < 1.29 is 42.4 Å². The Balaban J connectivity index is 0.972. The summed E-state index contributed by atoms with van der Waals surface area (Å²) in [6.45, 7) is 0.0961. The molecule has 1 saturated heterocycles. The van der Waals surface area contributed by atoms with Crippen LogP contribution in [0.4, 0.5) is 11.4 Å². The van der Waals surface area contributed by atoms with Crippen LogP contribution in [0.2, 0.25) is 0 Å². The van der Waals surface area contributed by atoms with Gasteiger partial charge in [0.25, 0.3) is 17.7 Å². The van der Waals surface area contributed by atoms with Gasteiger partial charge in [0.1, 0.15) is 29.3 Å². The molecule has 0 radical (unpaired) electrons. The van der Waals surface area contributed by atoms with Crippen LogP contribution in [-0.2, 0) is 19.2 Å². The lowest BCUT2D eigenvalue weighted by molar-refractivity contribution is -0.136. The number of fused-ring (bicyclic) bond motifs is 4. The lowest BCUT2D eigenvalue weighted by atomic mass is 10.0. The summed E-state index contributed by atoms with van der Waals surface area (Å²) in [4.78, 5) is 101. The number of carbonyl (C=O) groups excluding carboxylic acids is 7. The number of amides is 7. The van der Waals surface area contributed by atoms with Crippen molar-refractivity contribution in [1.29, 1.82) is 0 Å². The Labute approximate surface area is 358 Å². The van der Waals surface area contributed by atoms with E-state index in [2.05, 4.69) is 26.3 Å². The third-order valence-corrected chi connectivity index (χ3v) is 11.0. The summed E-state index contributed by atoms with van der Waals surface area (Å²) in [6.07, 6.45) is 4.38. The molecular formula is C47H37N7O9. The quantitative estimate of drug-likeness (QED) is 0.0847. The number of hydrogen-bond donors (Lipinski definition) is 4. The summed E-state index contributed by atoms with van der Waals surface area (Å²) in [6, 6.07) is 28.6. The zero-order chi connectivity index (χ0) is 43.6. The van der Waals surface area contributed by atoms with E-state index < -0.39 is 59.5 Å². The summed E-state index contributed by atoms with van der Waals surface area (Å²) in [7, 11) is 0. The fraction of sp³-hybridized carbons (Fsp3) is 0.149. The Hall–Kier alpha value is -8.40. The fourth-order valence-corrected chi connectivity index (χ4v) is 8.04. The van der Waals surface area contributed by atoms with Crippen molar-refractivity contribution in [3.63, 3.8) is 0 Å². The van der Waals surface area contributed by atoms with Gasteiger partial charge in [-0.05, 0) is 60.5 Å². The average Bonchev–Trinajstić information content (AvgIpc) is 4.04. The van der Waals surface area contributed by atoms with Gasteiger partial charge in [0, 0.05) is 65.7 Å². The predicted octanol–water partition coefficient (Wildman–Crippen LogP) is 5.45. The van der Waals surface area contributed by atoms with Crippen molar-refractivity contribution in [1.82, 2.24) is 25.8 Å². The normalized spacial score (nSPS) is 15.7. The summed E-state index contributed by atoms with van der Waals surface area (Å²) >= 11 is 0. The van der Waals surface area contributed by atoms with Crippen LogP contribution in [0.3, 0.4) is 0 Å². The van der Waals surface area contributed by atoms with Gasteiger partial charge in [0.05, 0.1) is 17.4 Å². The first-order valence-corrected chi connectivity index (χ1v) is 20.1. The predicted molar refractivity (Wildman–Crippen MR) is 228 cm³/mol. The molecule has 7 amide bonds. The molecule has 16 heteroatoms. The monoisotopic (exact) mass is 843 g/mol.